The molecule has 120 valence electrons. The standard InChI is InChI=1S/C8H18O2.C6H10O4/c1-7(2)5-9-10-6-8(3)4;1-5(7)3-9-10-4-6(2)8/h7-8H,5-6H2,1-4H3;3-4H2,1-2H3. The number of ketones is 2. The zero-order valence-corrected chi connectivity index (χ0v) is 13.4. The van der Waals surface area contributed by atoms with Gasteiger partial charge in [0.15, 0.2) is 11.6 Å². The monoisotopic (exact) mass is 292 g/mol. The summed E-state index contributed by atoms with van der Waals surface area (Å²) >= 11 is 0. The summed E-state index contributed by atoms with van der Waals surface area (Å²) in [5, 5.41) is 0. The highest BCUT2D eigenvalue weighted by Gasteiger charge is 1.96. The molecule has 6 heteroatoms. The highest BCUT2D eigenvalue weighted by atomic mass is 17.2. The molecular weight excluding hydrogens is 264 g/mol. The van der Waals surface area contributed by atoms with Gasteiger partial charge >= 0.3 is 0 Å². The number of carbonyl (C=O) groups is 2. The van der Waals surface area contributed by atoms with E-state index >= 15 is 0 Å². The topological polar surface area (TPSA) is 71.1 Å². The predicted molar refractivity (Wildman–Crippen MR) is 74.8 cm³/mol. The van der Waals surface area contributed by atoms with Gasteiger partial charge in [0.25, 0.3) is 0 Å². The molecule has 0 aromatic heterocycles. The first-order valence-electron chi connectivity index (χ1n) is 6.73. The summed E-state index contributed by atoms with van der Waals surface area (Å²) in [7, 11) is 0. The van der Waals surface area contributed by atoms with E-state index in [1.165, 1.54) is 13.8 Å². The van der Waals surface area contributed by atoms with Crippen molar-refractivity contribution in [1.82, 2.24) is 0 Å². The van der Waals surface area contributed by atoms with Crippen molar-refractivity contribution >= 4 is 11.6 Å². The van der Waals surface area contributed by atoms with E-state index < -0.39 is 0 Å². The zero-order valence-electron chi connectivity index (χ0n) is 13.4. The third-order valence-corrected chi connectivity index (χ3v) is 1.49. The third kappa shape index (κ3) is 25.9. The van der Waals surface area contributed by atoms with E-state index in [4.69, 9.17) is 9.78 Å². The summed E-state index contributed by atoms with van der Waals surface area (Å²) in [5.41, 5.74) is 0. The van der Waals surface area contributed by atoms with Gasteiger partial charge in [-0.2, -0.15) is 0 Å². The van der Waals surface area contributed by atoms with Gasteiger partial charge in [-0.3, -0.25) is 9.59 Å². The van der Waals surface area contributed by atoms with Crippen LogP contribution in [0.1, 0.15) is 41.5 Å². The fourth-order valence-electron chi connectivity index (χ4n) is 0.618. The third-order valence-electron chi connectivity index (χ3n) is 1.49. The van der Waals surface area contributed by atoms with Crippen molar-refractivity contribution in [2.24, 2.45) is 11.8 Å². The van der Waals surface area contributed by atoms with E-state index in [1.807, 2.05) is 0 Å². The molecule has 0 radical (unpaired) electrons. The molecule has 0 heterocycles. The lowest BCUT2D eigenvalue weighted by Gasteiger charge is -2.07. The van der Waals surface area contributed by atoms with Crippen LogP contribution in [0.5, 0.6) is 0 Å². The van der Waals surface area contributed by atoms with Crippen LogP contribution in [0.25, 0.3) is 0 Å². The van der Waals surface area contributed by atoms with Gasteiger partial charge in [-0.25, -0.2) is 19.6 Å². The van der Waals surface area contributed by atoms with Crippen molar-refractivity contribution in [1.29, 1.82) is 0 Å². The zero-order chi connectivity index (χ0) is 16.0. The van der Waals surface area contributed by atoms with E-state index in [2.05, 4.69) is 37.5 Å². The fraction of sp³-hybridized carbons (Fsp3) is 0.857. The first-order valence-corrected chi connectivity index (χ1v) is 6.73. The molecule has 0 atom stereocenters. The maximum atomic E-state index is 10.2. The van der Waals surface area contributed by atoms with E-state index in [0.717, 1.165) is 0 Å². The van der Waals surface area contributed by atoms with Crippen molar-refractivity contribution in [2.45, 2.75) is 41.5 Å². The minimum atomic E-state index is -0.136. The molecule has 0 aliphatic heterocycles. The lowest BCUT2D eigenvalue weighted by molar-refractivity contribution is -0.304. The SMILES string of the molecule is CC(=O)COOCC(C)=O.CC(C)COOCC(C)C. The Kier molecular flexibility index (Phi) is 15.7. The Morgan fingerprint density at radius 2 is 1.00 bits per heavy atom. The Hall–Kier alpha value is -0.820. The number of carbonyl (C=O) groups excluding carboxylic acids is 2. The first-order chi connectivity index (χ1) is 9.25. The van der Waals surface area contributed by atoms with Crippen LogP contribution in [0.15, 0.2) is 0 Å². The summed E-state index contributed by atoms with van der Waals surface area (Å²) in [5.74, 6) is 0.825. The summed E-state index contributed by atoms with van der Waals surface area (Å²) in [6.45, 7) is 12.3. The van der Waals surface area contributed by atoms with E-state index in [9.17, 15) is 9.59 Å². The minimum absolute atomic E-state index is 0.104. The second kappa shape index (κ2) is 14.6. The molecule has 0 rings (SSSR count). The first kappa shape index (κ1) is 21.5. The van der Waals surface area contributed by atoms with E-state index in [1.54, 1.807) is 0 Å². The van der Waals surface area contributed by atoms with Crippen LogP contribution in [-0.4, -0.2) is 38.0 Å². The van der Waals surface area contributed by atoms with Gasteiger partial charge in [-0.05, 0) is 25.7 Å². The second-order valence-electron chi connectivity index (χ2n) is 5.29. The number of hydrogen-bond donors (Lipinski definition) is 0. The number of rotatable bonds is 10. The quantitative estimate of drug-likeness (QED) is 0.350. The Labute approximate surface area is 121 Å². The average Bonchev–Trinajstić information content (AvgIpc) is 2.30. The maximum Gasteiger partial charge on any atom is 0.158 e. The van der Waals surface area contributed by atoms with Crippen LogP contribution in [0.4, 0.5) is 0 Å². The Balaban J connectivity index is 0. The summed E-state index contributed by atoms with van der Waals surface area (Å²) in [6, 6.07) is 0. The molecule has 0 bridgehead atoms. The number of Topliss-reactive ketones (excluding diaryl/α,β-unsaturated/α-hetero) is 2. The lowest BCUT2D eigenvalue weighted by Crippen LogP contribution is -2.09. The average molecular weight is 292 g/mol. The Morgan fingerprint density at radius 1 is 0.700 bits per heavy atom. The highest BCUT2D eigenvalue weighted by molar-refractivity contribution is 5.77. The van der Waals surface area contributed by atoms with Crippen molar-refractivity contribution in [2.75, 3.05) is 26.4 Å². The van der Waals surface area contributed by atoms with Crippen LogP contribution in [0, 0.1) is 11.8 Å². The number of hydrogen-bond acceptors (Lipinski definition) is 6. The molecule has 0 N–H and O–H groups in total. The van der Waals surface area contributed by atoms with Crippen molar-refractivity contribution in [3.63, 3.8) is 0 Å². The van der Waals surface area contributed by atoms with Crippen LogP contribution in [0.3, 0.4) is 0 Å². The van der Waals surface area contributed by atoms with Crippen molar-refractivity contribution in [3.05, 3.63) is 0 Å². The van der Waals surface area contributed by atoms with Crippen LogP contribution >= 0.6 is 0 Å². The Morgan fingerprint density at radius 3 is 1.20 bits per heavy atom. The molecular formula is C14H28O6. The molecule has 0 saturated heterocycles. The van der Waals surface area contributed by atoms with Gasteiger partial charge in [0.1, 0.15) is 13.2 Å². The van der Waals surface area contributed by atoms with E-state index in [-0.39, 0.29) is 24.8 Å². The fourth-order valence-corrected chi connectivity index (χ4v) is 0.618. The summed E-state index contributed by atoms with van der Waals surface area (Å²) in [4.78, 5) is 38.9. The molecule has 0 fully saturated rings. The Bertz CT molecular complexity index is 224. The summed E-state index contributed by atoms with van der Waals surface area (Å²) < 4.78 is 0. The molecule has 6 nitrogen and oxygen atoms in total. The van der Waals surface area contributed by atoms with E-state index in [0.29, 0.717) is 25.0 Å². The predicted octanol–water partition coefficient (Wildman–Crippen LogP) is 2.36. The van der Waals surface area contributed by atoms with Crippen molar-refractivity contribution < 1.29 is 29.1 Å². The normalized spacial score (nSPS) is 10.4. The smallest absolute Gasteiger partial charge is 0.158 e. The molecule has 0 spiro atoms. The molecule has 0 saturated carbocycles. The second-order valence-corrected chi connectivity index (χ2v) is 5.29. The molecule has 0 aliphatic rings. The molecule has 20 heavy (non-hydrogen) atoms. The van der Waals surface area contributed by atoms with Gasteiger partial charge < -0.3 is 0 Å². The van der Waals surface area contributed by atoms with Crippen molar-refractivity contribution in [3.8, 4) is 0 Å². The summed E-state index contributed by atoms with van der Waals surface area (Å²) in [6.07, 6.45) is 0. The van der Waals surface area contributed by atoms with Crippen LogP contribution in [0.2, 0.25) is 0 Å². The van der Waals surface area contributed by atoms with Crippen LogP contribution < -0.4 is 0 Å². The largest absolute Gasteiger partial charge is 0.297 e. The van der Waals surface area contributed by atoms with Crippen LogP contribution in [-0.2, 0) is 29.1 Å². The van der Waals surface area contributed by atoms with Gasteiger partial charge in [0, 0.05) is 0 Å². The molecule has 0 amide bonds. The maximum absolute atomic E-state index is 10.2. The van der Waals surface area contributed by atoms with Gasteiger partial charge in [0.05, 0.1) is 13.2 Å². The molecule has 0 aromatic carbocycles. The lowest BCUT2D eigenvalue weighted by atomic mass is 10.2. The van der Waals surface area contributed by atoms with Gasteiger partial charge in [-0.1, -0.05) is 27.7 Å². The molecule has 0 unspecified atom stereocenters. The molecule has 0 aromatic rings. The highest BCUT2D eigenvalue weighted by Crippen LogP contribution is 1.96. The van der Waals surface area contributed by atoms with Gasteiger partial charge in [-0.15, -0.1) is 0 Å². The molecule has 0 aliphatic carbocycles. The van der Waals surface area contributed by atoms with Gasteiger partial charge in [0.2, 0.25) is 0 Å². The minimum Gasteiger partial charge on any atom is -0.297 e.